The molecule has 17 heavy (non-hydrogen) atoms. The molecule has 1 aromatic carbocycles. The Morgan fingerprint density at radius 1 is 1.35 bits per heavy atom. The molecule has 0 fully saturated rings. The van der Waals surface area contributed by atoms with Gasteiger partial charge in [-0.1, -0.05) is 36.7 Å². The molecule has 0 bridgehead atoms. The average Bonchev–Trinajstić information content (AvgIpc) is 2.31. The molecule has 0 saturated heterocycles. The summed E-state index contributed by atoms with van der Waals surface area (Å²) in [5, 5.41) is 3.59. The van der Waals surface area contributed by atoms with Crippen LogP contribution >= 0.6 is 15.9 Å². The second kappa shape index (κ2) is 7.02. The first-order valence-corrected chi connectivity index (χ1v) is 6.96. The zero-order chi connectivity index (χ0) is 12.8. The van der Waals surface area contributed by atoms with E-state index in [1.165, 1.54) is 5.56 Å². The van der Waals surface area contributed by atoms with Crippen molar-refractivity contribution >= 4 is 15.9 Å². The van der Waals surface area contributed by atoms with Gasteiger partial charge in [0.1, 0.15) is 5.75 Å². The van der Waals surface area contributed by atoms with E-state index >= 15 is 0 Å². The largest absolute Gasteiger partial charge is 0.497 e. The summed E-state index contributed by atoms with van der Waals surface area (Å²) in [6, 6.07) is 6.50. The minimum absolute atomic E-state index is 0.361. The van der Waals surface area contributed by atoms with E-state index in [2.05, 4.69) is 54.2 Å². The summed E-state index contributed by atoms with van der Waals surface area (Å²) in [5.41, 5.74) is 1.27. The molecule has 0 aliphatic carbocycles. The molecule has 1 aromatic rings. The van der Waals surface area contributed by atoms with Gasteiger partial charge in [0.25, 0.3) is 0 Å². The standard InChI is InChI=1S/C14H22BrNO/c1-5-8-16-14(10(2)3)12-9-11(17-4)6-7-13(12)15/h6-7,9-10,14,16H,5,8H2,1-4H3. The first-order chi connectivity index (χ1) is 8.10. The molecule has 0 heterocycles. The minimum Gasteiger partial charge on any atom is -0.497 e. The van der Waals surface area contributed by atoms with E-state index in [0.29, 0.717) is 12.0 Å². The van der Waals surface area contributed by atoms with Gasteiger partial charge in [-0.2, -0.15) is 0 Å². The summed E-state index contributed by atoms with van der Waals surface area (Å²) in [6.45, 7) is 7.69. The molecule has 0 amide bonds. The van der Waals surface area contributed by atoms with Gasteiger partial charge >= 0.3 is 0 Å². The summed E-state index contributed by atoms with van der Waals surface area (Å²) in [7, 11) is 1.71. The maximum atomic E-state index is 5.30. The molecule has 96 valence electrons. The van der Waals surface area contributed by atoms with Crippen LogP contribution in [-0.4, -0.2) is 13.7 Å². The third-order valence-corrected chi connectivity index (χ3v) is 3.54. The van der Waals surface area contributed by atoms with Crippen LogP contribution in [0.2, 0.25) is 0 Å². The molecule has 0 aliphatic rings. The van der Waals surface area contributed by atoms with Crippen LogP contribution in [0.1, 0.15) is 38.8 Å². The molecular weight excluding hydrogens is 278 g/mol. The Morgan fingerprint density at radius 2 is 2.06 bits per heavy atom. The van der Waals surface area contributed by atoms with Crippen molar-refractivity contribution in [2.75, 3.05) is 13.7 Å². The molecule has 0 spiro atoms. The highest BCUT2D eigenvalue weighted by atomic mass is 79.9. The van der Waals surface area contributed by atoms with Gasteiger partial charge < -0.3 is 10.1 Å². The molecule has 1 N–H and O–H groups in total. The van der Waals surface area contributed by atoms with Crippen molar-refractivity contribution < 1.29 is 4.74 Å². The third-order valence-electron chi connectivity index (χ3n) is 2.82. The van der Waals surface area contributed by atoms with Gasteiger partial charge in [-0.3, -0.25) is 0 Å². The van der Waals surface area contributed by atoms with Crippen molar-refractivity contribution in [1.29, 1.82) is 0 Å². The van der Waals surface area contributed by atoms with Crippen LogP contribution in [0.25, 0.3) is 0 Å². The zero-order valence-corrected chi connectivity index (χ0v) is 12.7. The first kappa shape index (κ1) is 14.5. The highest BCUT2D eigenvalue weighted by Gasteiger charge is 2.18. The predicted molar refractivity (Wildman–Crippen MR) is 76.6 cm³/mol. The molecular formula is C14H22BrNO. The van der Waals surface area contributed by atoms with E-state index in [-0.39, 0.29) is 0 Å². The summed E-state index contributed by atoms with van der Waals surface area (Å²) in [6.07, 6.45) is 1.14. The van der Waals surface area contributed by atoms with Crippen molar-refractivity contribution in [3.63, 3.8) is 0 Å². The van der Waals surface area contributed by atoms with Crippen molar-refractivity contribution in [2.45, 2.75) is 33.2 Å². The fraction of sp³-hybridized carbons (Fsp3) is 0.571. The third kappa shape index (κ3) is 4.00. The number of hydrogen-bond donors (Lipinski definition) is 1. The van der Waals surface area contributed by atoms with E-state index in [0.717, 1.165) is 23.2 Å². The second-order valence-corrected chi connectivity index (χ2v) is 5.42. The van der Waals surface area contributed by atoms with Crippen LogP contribution in [0.3, 0.4) is 0 Å². The van der Waals surface area contributed by atoms with Crippen molar-refractivity contribution in [2.24, 2.45) is 5.92 Å². The first-order valence-electron chi connectivity index (χ1n) is 6.17. The van der Waals surface area contributed by atoms with Crippen LogP contribution in [0, 0.1) is 5.92 Å². The van der Waals surface area contributed by atoms with Gasteiger partial charge in [0.2, 0.25) is 0 Å². The normalized spacial score (nSPS) is 12.8. The topological polar surface area (TPSA) is 21.3 Å². The molecule has 0 radical (unpaired) electrons. The fourth-order valence-corrected chi connectivity index (χ4v) is 2.39. The SMILES string of the molecule is CCCNC(c1cc(OC)ccc1Br)C(C)C. The van der Waals surface area contributed by atoms with Gasteiger partial charge in [-0.05, 0) is 42.6 Å². The van der Waals surface area contributed by atoms with Gasteiger partial charge in [-0.15, -0.1) is 0 Å². The Hall–Kier alpha value is -0.540. The highest BCUT2D eigenvalue weighted by molar-refractivity contribution is 9.10. The Bertz CT molecular complexity index is 352. The molecule has 2 nitrogen and oxygen atoms in total. The maximum absolute atomic E-state index is 5.30. The fourth-order valence-electron chi connectivity index (χ4n) is 1.89. The summed E-state index contributed by atoms with van der Waals surface area (Å²) in [4.78, 5) is 0. The Morgan fingerprint density at radius 3 is 2.59 bits per heavy atom. The van der Waals surface area contributed by atoms with Crippen LogP contribution < -0.4 is 10.1 Å². The lowest BCUT2D eigenvalue weighted by atomic mass is 9.95. The second-order valence-electron chi connectivity index (χ2n) is 4.56. The molecule has 1 atom stereocenters. The minimum atomic E-state index is 0.361. The molecule has 1 rings (SSSR count). The molecule has 0 saturated carbocycles. The van der Waals surface area contributed by atoms with Crippen LogP contribution in [0.4, 0.5) is 0 Å². The Labute approximate surface area is 113 Å². The number of methoxy groups -OCH3 is 1. The van der Waals surface area contributed by atoms with Crippen molar-refractivity contribution in [3.05, 3.63) is 28.2 Å². The Kier molecular flexibility index (Phi) is 6.00. The number of rotatable bonds is 6. The maximum Gasteiger partial charge on any atom is 0.119 e. The number of nitrogens with one attached hydrogen (secondary N) is 1. The van der Waals surface area contributed by atoms with E-state index in [1.54, 1.807) is 7.11 Å². The van der Waals surface area contributed by atoms with Gasteiger partial charge in [0, 0.05) is 10.5 Å². The lowest BCUT2D eigenvalue weighted by Gasteiger charge is -2.24. The lowest BCUT2D eigenvalue weighted by molar-refractivity contribution is 0.398. The average molecular weight is 300 g/mol. The molecule has 0 aromatic heterocycles. The number of ether oxygens (including phenoxy) is 1. The molecule has 0 aliphatic heterocycles. The smallest absolute Gasteiger partial charge is 0.119 e. The summed E-state index contributed by atoms with van der Waals surface area (Å²) < 4.78 is 6.44. The van der Waals surface area contributed by atoms with Crippen molar-refractivity contribution in [1.82, 2.24) is 5.32 Å². The van der Waals surface area contributed by atoms with Crippen LogP contribution in [0.15, 0.2) is 22.7 Å². The van der Waals surface area contributed by atoms with E-state index in [4.69, 9.17) is 4.74 Å². The van der Waals surface area contributed by atoms with Gasteiger partial charge in [-0.25, -0.2) is 0 Å². The van der Waals surface area contributed by atoms with Crippen LogP contribution in [-0.2, 0) is 0 Å². The van der Waals surface area contributed by atoms with E-state index in [9.17, 15) is 0 Å². The van der Waals surface area contributed by atoms with Crippen molar-refractivity contribution in [3.8, 4) is 5.75 Å². The van der Waals surface area contributed by atoms with Gasteiger partial charge in [0.15, 0.2) is 0 Å². The highest BCUT2D eigenvalue weighted by Crippen LogP contribution is 2.31. The van der Waals surface area contributed by atoms with E-state index in [1.807, 2.05) is 6.07 Å². The molecule has 3 heteroatoms. The quantitative estimate of drug-likeness (QED) is 0.852. The van der Waals surface area contributed by atoms with Crippen LogP contribution in [0.5, 0.6) is 5.75 Å². The lowest BCUT2D eigenvalue weighted by Crippen LogP contribution is -2.26. The predicted octanol–water partition coefficient (Wildman–Crippen LogP) is 4.15. The van der Waals surface area contributed by atoms with E-state index < -0.39 is 0 Å². The zero-order valence-electron chi connectivity index (χ0n) is 11.1. The monoisotopic (exact) mass is 299 g/mol. The molecule has 1 unspecified atom stereocenters. The Balaban J connectivity index is 2.99. The summed E-state index contributed by atoms with van der Waals surface area (Å²) in [5.74, 6) is 1.46. The number of benzene rings is 1. The summed E-state index contributed by atoms with van der Waals surface area (Å²) >= 11 is 3.62. The number of halogens is 1. The number of hydrogen-bond acceptors (Lipinski definition) is 2. The van der Waals surface area contributed by atoms with Gasteiger partial charge in [0.05, 0.1) is 7.11 Å².